The van der Waals surface area contributed by atoms with Gasteiger partial charge in [-0.05, 0) is 12.1 Å². The van der Waals surface area contributed by atoms with Crippen molar-refractivity contribution in [3.63, 3.8) is 0 Å². The molecule has 0 saturated carbocycles. The van der Waals surface area contributed by atoms with Crippen molar-refractivity contribution >= 4 is 28.6 Å². The summed E-state index contributed by atoms with van der Waals surface area (Å²) in [6.45, 7) is 1.35. The van der Waals surface area contributed by atoms with Crippen LogP contribution in [0.2, 0.25) is 0 Å². The summed E-state index contributed by atoms with van der Waals surface area (Å²) in [5.74, 6) is -0.543. The molecule has 134 valence electrons. The van der Waals surface area contributed by atoms with Gasteiger partial charge in [0, 0.05) is 54.7 Å². The zero-order valence-corrected chi connectivity index (χ0v) is 14.2. The molecule has 6 nitrogen and oxygen atoms in total. The van der Waals surface area contributed by atoms with Crippen LogP contribution in [0.25, 0.3) is 0 Å². The van der Waals surface area contributed by atoms with Crippen molar-refractivity contribution in [1.82, 2.24) is 0 Å². The molecule has 1 aromatic carbocycles. The highest BCUT2D eigenvalue weighted by molar-refractivity contribution is 7.85. The number of nitrogens with zero attached hydrogens (tertiary/aromatic N) is 2. The van der Waals surface area contributed by atoms with Gasteiger partial charge in [-0.15, -0.1) is 0 Å². The summed E-state index contributed by atoms with van der Waals surface area (Å²) < 4.78 is 45.0. The van der Waals surface area contributed by atoms with E-state index in [1.807, 2.05) is 0 Å². The van der Waals surface area contributed by atoms with Crippen molar-refractivity contribution < 1.29 is 22.5 Å². The molecule has 1 aliphatic heterocycles. The second-order valence-electron chi connectivity index (χ2n) is 5.56. The van der Waals surface area contributed by atoms with Crippen LogP contribution in [-0.4, -0.2) is 61.5 Å². The van der Waals surface area contributed by atoms with Crippen LogP contribution in [0, 0.1) is 11.6 Å². The van der Waals surface area contributed by atoms with Crippen molar-refractivity contribution in [1.29, 1.82) is 0 Å². The van der Waals surface area contributed by atoms with Crippen molar-refractivity contribution in [2.75, 3.05) is 54.5 Å². The predicted molar refractivity (Wildman–Crippen MR) is 89.7 cm³/mol. The zero-order valence-electron chi connectivity index (χ0n) is 13.4. The molecule has 0 aliphatic carbocycles. The van der Waals surface area contributed by atoms with E-state index in [0.717, 1.165) is 0 Å². The average molecular weight is 361 g/mol. The smallest absolute Gasteiger partial charge is 0.293 e. The molecule has 2 N–H and O–H groups in total. The molecule has 2 rings (SSSR count). The first-order chi connectivity index (χ1) is 11.5. The van der Waals surface area contributed by atoms with Crippen LogP contribution in [0.5, 0.6) is 0 Å². The van der Waals surface area contributed by atoms with Crippen LogP contribution in [0.1, 0.15) is 0 Å². The molecule has 0 amide bonds. The van der Waals surface area contributed by atoms with E-state index in [0.29, 0.717) is 36.8 Å². The lowest BCUT2D eigenvalue weighted by Crippen LogP contribution is -2.39. The highest BCUT2D eigenvalue weighted by Gasteiger charge is 2.23. The van der Waals surface area contributed by atoms with Crippen LogP contribution in [0.15, 0.2) is 12.1 Å². The monoisotopic (exact) mass is 361 g/mol. The fraction of sp³-hybridized carbons (Fsp3) is 0.533. The van der Waals surface area contributed by atoms with Crippen molar-refractivity contribution in [2.24, 2.45) is 5.73 Å². The Morgan fingerprint density at radius 3 is 2.46 bits per heavy atom. The van der Waals surface area contributed by atoms with Gasteiger partial charge in [0.05, 0.1) is 6.54 Å². The minimum Gasteiger partial charge on any atom is -0.461 e. The summed E-state index contributed by atoms with van der Waals surface area (Å²) in [5.41, 5.74) is 5.72. The Bertz CT molecular complexity index is 585. The molecule has 1 atom stereocenters. The second-order valence-corrected chi connectivity index (χ2v) is 7.26. The largest absolute Gasteiger partial charge is 0.461 e. The quantitative estimate of drug-likeness (QED) is 0.712. The third-order valence-corrected chi connectivity index (χ3v) is 5.20. The van der Waals surface area contributed by atoms with Gasteiger partial charge in [0.15, 0.2) is 11.6 Å². The van der Waals surface area contributed by atoms with Gasteiger partial charge < -0.3 is 20.3 Å². The van der Waals surface area contributed by atoms with Crippen LogP contribution >= 0.6 is 0 Å². The number of anilines is 2. The standard InChI is InChI=1S/C15H21F2N3O3S/c1-19(9-12(8-18)23-10-21)11-6-13(16)15(14(17)7-11)20-2-4-24(22)5-3-20/h6-7,10,12H,2-5,8-9,18H2,1H3. The summed E-state index contributed by atoms with van der Waals surface area (Å²) in [6, 6.07) is 2.47. The topological polar surface area (TPSA) is 75.9 Å². The Hall–Kier alpha value is -1.74. The molecule has 1 unspecified atom stereocenters. The lowest BCUT2D eigenvalue weighted by molar-refractivity contribution is -0.132. The number of carbonyl (C=O) groups is 1. The maximum Gasteiger partial charge on any atom is 0.293 e. The van der Waals surface area contributed by atoms with Crippen molar-refractivity contribution in [2.45, 2.75) is 6.10 Å². The maximum absolute atomic E-state index is 14.4. The number of ether oxygens (including phenoxy) is 1. The van der Waals surface area contributed by atoms with E-state index in [1.165, 1.54) is 12.1 Å². The molecular formula is C15H21F2N3O3S. The lowest BCUT2D eigenvalue weighted by Gasteiger charge is -2.30. The molecule has 9 heteroatoms. The molecule has 1 aliphatic rings. The summed E-state index contributed by atoms with van der Waals surface area (Å²) >= 11 is 0. The van der Waals surface area contributed by atoms with Gasteiger partial charge in [0.1, 0.15) is 11.8 Å². The van der Waals surface area contributed by atoms with Gasteiger partial charge in [0.25, 0.3) is 6.47 Å². The van der Waals surface area contributed by atoms with Gasteiger partial charge in [-0.2, -0.15) is 0 Å². The van der Waals surface area contributed by atoms with E-state index < -0.39 is 28.5 Å². The number of hydrogen-bond acceptors (Lipinski definition) is 6. The van der Waals surface area contributed by atoms with E-state index in [9.17, 15) is 17.8 Å². The van der Waals surface area contributed by atoms with Gasteiger partial charge in [-0.1, -0.05) is 0 Å². The van der Waals surface area contributed by atoms with Crippen LogP contribution < -0.4 is 15.5 Å². The molecule has 1 heterocycles. The third-order valence-electron chi connectivity index (χ3n) is 3.92. The van der Waals surface area contributed by atoms with Crippen LogP contribution in [-0.2, 0) is 20.3 Å². The maximum atomic E-state index is 14.4. The highest BCUT2D eigenvalue weighted by Crippen LogP contribution is 2.29. The summed E-state index contributed by atoms with van der Waals surface area (Å²) in [5, 5.41) is 0. The third kappa shape index (κ3) is 4.41. The number of carbonyl (C=O) groups excluding carboxylic acids is 1. The molecule has 1 fully saturated rings. The normalized spacial score (nSPS) is 16.8. The number of halogens is 2. The number of rotatable bonds is 7. The minimum atomic E-state index is -0.919. The molecular weight excluding hydrogens is 340 g/mol. The Morgan fingerprint density at radius 1 is 1.38 bits per heavy atom. The van der Waals surface area contributed by atoms with Crippen molar-refractivity contribution in [3.8, 4) is 0 Å². The summed E-state index contributed by atoms with van der Waals surface area (Å²) in [7, 11) is 0.715. The van der Waals surface area contributed by atoms with Gasteiger partial charge in [-0.3, -0.25) is 9.00 Å². The number of hydrogen-bond donors (Lipinski definition) is 1. The van der Waals surface area contributed by atoms with E-state index >= 15 is 0 Å². The zero-order chi connectivity index (χ0) is 17.7. The molecule has 0 radical (unpaired) electrons. The van der Waals surface area contributed by atoms with Crippen LogP contribution in [0.4, 0.5) is 20.2 Å². The van der Waals surface area contributed by atoms with E-state index in [1.54, 1.807) is 16.8 Å². The van der Waals surface area contributed by atoms with Gasteiger partial charge >= 0.3 is 0 Å². The molecule has 0 bridgehead atoms. The molecule has 1 saturated heterocycles. The molecule has 24 heavy (non-hydrogen) atoms. The van der Waals surface area contributed by atoms with Gasteiger partial charge in [0.2, 0.25) is 0 Å². The Balaban J connectivity index is 2.16. The van der Waals surface area contributed by atoms with Crippen LogP contribution in [0.3, 0.4) is 0 Å². The number of nitrogens with two attached hydrogens (primary N) is 1. The lowest BCUT2D eigenvalue weighted by atomic mass is 10.2. The van der Waals surface area contributed by atoms with Crippen molar-refractivity contribution in [3.05, 3.63) is 23.8 Å². The number of likely N-dealkylation sites (N-methyl/N-ethyl adjacent to an activating group) is 1. The molecule has 1 aromatic rings. The first-order valence-corrected chi connectivity index (χ1v) is 9.04. The highest BCUT2D eigenvalue weighted by atomic mass is 32.2. The predicted octanol–water partition coefficient (Wildman–Crippen LogP) is 0.470. The number of benzene rings is 1. The van der Waals surface area contributed by atoms with E-state index in [2.05, 4.69) is 0 Å². The minimum absolute atomic E-state index is 0.0941. The Morgan fingerprint density at radius 2 is 1.96 bits per heavy atom. The fourth-order valence-corrected chi connectivity index (χ4v) is 3.65. The first kappa shape index (κ1) is 18.6. The second kappa shape index (κ2) is 8.39. The fourth-order valence-electron chi connectivity index (χ4n) is 2.60. The molecule has 0 aromatic heterocycles. The molecule has 0 spiro atoms. The Kier molecular flexibility index (Phi) is 6.50. The SMILES string of the molecule is CN(CC(CN)OC=O)c1cc(F)c(N2CCS(=O)CC2)c(F)c1. The average Bonchev–Trinajstić information content (AvgIpc) is 2.55. The van der Waals surface area contributed by atoms with E-state index in [4.69, 9.17) is 10.5 Å². The van der Waals surface area contributed by atoms with E-state index in [-0.39, 0.29) is 18.8 Å². The van der Waals surface area contributed by atoms with Gasteiger partial charge in [-0.25, -0.2) is 8.78 Å². The Labute approximate surface area is 142 Å². The summed E-state index contributed by atoms with van der Waals surface area (Å²) in [4.78, 5) is 13.5. The first-order valence-electron chi connectivity index (χ1n) is 7.55. The summed E-state index contributed by atoms with van der Waals surface area (Å²) in [6.07, 6.45) is -0.560.